The number of benzene rings is 2. The number of piperidine rings is 1. The zero-order chi connectivity index (χ0) is 23.7. The Hall–Kier alpha value is -3.54. The molecule has 6 heteroatoms. The van der Waals surface area contributed by atoms with E-state index in [4.69, 9.17) is 0 Å². The second-order valence-corrected chi connectivity index (χ2v) is 9.49. The third-order valence-electron chi connectivity index (χ3n) is 7.21. The van der Waals surface area contributed by atoms with E-state index in [1.165, 1.54) is 12.1 Å². The number of carbonyl (C=O) groups is 2. The molecular weight excluding hydrogens is 429 g/mol. The summed E-state index contributed by atoms with van der Waals surface area (Å²) in [6, 6.07) is 19.6. The van der Waals surface area contributed by atoms with E-state index in [2.05, 4.69) is 10.3 Å². The number of amides is 2. The maximum absolute atomic E-state index is 13.6. The van der Waals surface area contributed by atoms with Crippen LogP contribution in [-0.2, 0) is 11.3 Å². The zero-order valence-corrected chi connectivity index (χ0v) is 19.3. The summed E-state index contributed by atoms with van der Waals surface area (Å²) in [4.78, 5) is 32.2. The average molecular weight is 458 g/mol. The maximum atomic E-state index is 13.6. The highest BCUT2D eigenvalue weighted by Gasteiger charge is 2.58. The fourth-order valence-corrected chi connectivity index (χ4v) is 5.11. The summed E-state index contributed by atoms with van der Waals surface area (Å²) in [6.07, 6.45) is 2.56. The first-order valence-corrected chi connectivity index (χ1v) is 11.8. The molecule has 5 nitrogen and oxygen atoms in total. The summed E-state index contributed by atoms with van der Waals surface area (Å²) in [5.74, 6) is -0.203. The van der Waals surface area contributed by atoms with Crippen molar-refractivity contribution in [3.8, 4) is 11.1 Å². The molecule has 2 heterocycles. The molecule has 2 amide bonds. The third-order valence-corrected chi connectivity index (χ3v) is 7.21. The third kappa shape index (κ3) is 4.58. The molecule has 1 aliphatic carbocycles. The standard InChI is InChI=1S/C28H28FN3O2/c1-19-5-2-10-24(31-19)18-30-26(33)25-17-28(25)11-13-32(14-12-28)27(34)22-8-3-6-20(15-22)21-7-4-9-23(29)16-21/h2-10,15-16,25H,11-14,17-18H2,1H3,(H,30,33). The van der Waals surface area contributed by atoms with Crippen LogP contribution in [0.15, 0.2) is 66.7 Å². The normalized spacial score (nSPS) is 18.5. The van der Waals surface area contributed by atoms with Gasteiger partial charge in [0.05, 0.1) is 12.2 Å². The Labute approximate surface area is 199 Å². The molecule has 174 valence electrons. The predicted octanol–water partition coefficient (Wildman–Crippen LogP) is 4.75. The Balaban J connectivity index is 1.17. The number of halogens is 1. The lowest BCUT2D eigenvalue weighted by Gasteiger charge is -2.33. The van der Waals surface area contributed by atoms with Gasteiger partial charge < -0.3 is 10.2 Å². The van der Waals surface area contributed by atoms with Gasteiger partial charge in [-0.2, -0.15) is 0 Å². The average Bonchev–Trinajstić information content (AvgIpc) is 3.56. The van der Waals surface area contributed by atoms with Crippen molar-refractivity contribution >= 4 is 11.8 Å². The Morgan fingerprint density at radius 1 is 1.03 bits per heavy atom. The minimum atomic E-state index is -0.297. The van der Waals surface area contributed by atoms with Crippen LogP contribution in [0.2, 0.25) is 0 Å². The summed E-state index contributed by atoms with van der Waals surface area (Å²) in [7, 11) is 0. The van der Waals surface area contributed by atoms with E-state index < -0.39 is 0 Å². The molecule has 0 radical (unpaired) electrons. The van der Waals surface area contributed by atoms with E-state index in [1.807, 2.05) is 60.4 Å². The molecule has 0 bridgehead atoms. The highest BCUT2D eigenvalue weighted by atomic mass is 19.1. The van der Waals surface area contributed by atoms with Crippen LogP contribution in [0.1, 0.15) is 41.0 Å². The number of nitrogens with zero attached hydrogens (tertiary/aromatic N) is 2. The van der Waals surface area contributed by atoms with Gasteiger partial charge in [0, 0.05) is 30.3 Å². The molecule has 2 aromatic carbocycles. The van der Waals surface area contributed by atoms with Gasteiger partial charge in [0.15, 0.2) is 0 Å². The van der Waals surface area contributed by atoms with Gasteiger partial charge in [-0.3, -0.25) is 14.6 Å². The topological polar surface area (TPSA) is 62.3 Å². The van der Waals surface area contributed by atoms with Crippen molar-refractivity contribution in [3.63, 3.8) is 0 Å². The second-order valence-electron chi connectivity index (χ2n) is 9.49. The van der Waals surface area contributed by atoms with Gasteiger partial charge >= 0.3 is 0 Å². The maximum Gasteiger partial charge on any atom is 0.253 e. The van der Waals surface area contributed by atoms with Gasteiger partial charge in [0.2, 0.25) is 5.91 Å². The highest BCUT2D eigenvalue weighted by molar-refractivity contribution is 5.95. The van der Waals surface area contributed by atoms with Crippen molar-refractivity contribution in [1.82, 2.24) is 15.2 Å². The fraction of sp³-hybridized carbons (Fsp3) is 0.321. The van der Waals surface area contributed by atoms with E-state index >= 15 is 0 Å². The predicted molar refractivity (Wildman–Crippen MR) is 128 cm³/mol. The van der Waals surface area contributed by atoms with Crippen LogP contribution < -0.4 is 5.32 Å². The number of aryl methyl sites for hydroxylation is 1. The molecule has 1 atom stereocenters. The Kier molecular flexibility index (Phi) is 5.90. The van der Waals surface area contributed by atoms with Crippen LogP contribution in [0.5, 0.6) is 0 Å². The Morgan fingerprint density at radius 3 is 2.47 bits per heavy atom. The van der Waals surface area contributed by atoms with Crippen LogP contribution in [0, 0.1) is 24.1 Å². The van der Waals surface area contributed by atoms with Crippen LogP contribution in [-0.4, -0.2) is 34.8 Å². The molecule has 1 saturated heterocycles. The van der Waals surface area contributed by atoms with Gasteiger partial charge in [0.1, 0.15) is 5.82 Å². The molecule has 1 spiro atoms. The van der Waals surface area contributed by atoms with Gasteiger partial charge in [-0.25, -0.2) is 4.39 Å². The van der Waals surface area contributed by atoms with Crippen molar-refractivity contribution in [1.29, 1.82) is 0 Å². The van der Waals surface area contributed by atoms with Gasteiger partial charge in [-0.05, 0) is 79.1 Å². The summed E-state index contributed by atoms with van der Waals surface area (Å²) >= 11 is 0. The lowest BCUT2D eigenvalue weighted by atomic mass is 9.90. The monoisotopic (exact) mass is 457 g/mol. The lowest BCUT2D eigenvalue weighted by molar-refractivity contribution is -0.123. The number of nitrogens with one attached hydrogen (secondary N) is 1. The lowest BCUT2D eigenvalue weighted by Crippen LogP contribution is -2.40. The molecule has 5 rings (SSSR count). The van der Waals surface area contributed by atoms with E-state index in [1.54, 1.807) is 6.07 Å². The van der Waals surface area contributed by atoms with Crippen molar-refractivity contribution in [3.05, 3.63) is 89.5 Å². The zero-order valence-electron chi connectivity index (χ0n) is 19.3. The quantitative estimate of drug-likeness (QED) is 0.601. The molecule has 1 unspecified atom stereocenters. The molecule has 1 aliphatic heterocycles. The van der Waals surface area contributed by atoms with Crippen LogP contribution in [0.4, 0.5) is 4.39 Å². The van der Waals surface area contributed by atoms with E-state index in [0.717, 1.165) is 41.8 Å². The van der Waals surface area contributed by atoms with Gasteiger partial charge in [-0.15, -0.1) is 0 Å². The number of likely N-dealkylation sites (tertiary alicyclic amines) is 1. The van der Waals surface area contributed by atoms with E-state index in [0.29, 0.717) is 25.2 Å². The molecular formula is C28H28FN3O2. The minimum Gasteiger partial charge on any atom is -0.350 e. The first-order chi connectivity index (χ1) is 16.4. The Bertz CT molecular complexity index is 1230. The number of rotatable bonds is 5. The van der Waals surface area contributed by atoms with Crippen molar-refractivity contribution < 1.29 is 14.0 Å². The van der Waals surface area contributed by atoms with E-state index in [9.17, 15) is 14.0 Å². The van der Waals surface area contributed by atoms with Gasteiger partial charge in [0.25, 0.3) is 5.91 Å². The van der Waals surface area contributed by atoms with Crippen LogP contribution in [0.3, 0.4) is 0 Å². The number of hydrogen-bond acceptors (Lipinski definition) is 3. The molecule has 3 aromatic rings. The molecule has 1 N–H and O–H groups in total. The van der Waals surface area contributed by atoms with Crippen molar-refractivity contribution in [2.75, 3.05) is 13.1 Å². The van der Waals surface area contributed by atoms with E-state index in [-0.39, 0.29) is 29.0 Å². The summed E-state index contributed by atoms with van der Waals surface area (Å²) in [5.41, 5.74) is 4.00. The largest absolute Gasteiger partial charge is 0.350 e. The number of pyridine rings is 1. The summed E-state index contributed by atoms with van der Waals surface area (Å²) in [6.45, 7) is 3.67. The number of carbonyl (C=O) groups excluding carboxylic acids is 2. The summed E-state index contributed by atoms with van der Waals surface area (Å²) in [5, 5.41) is 3.04. The van der Waals surface area contributed by atoms with Crippen molar-refractivity contribution in [2.24, 2.45) is 11.3 Å². The Morgan fingerprint density at radius 2 is 1.74 bits per heavy atom. The number of hydrogen-bond donors (Lipinski definition) is 1. The van der Waals surface area contributed by atoms with Gasteiger partial charge in [-0.1, -0.05) is 30.3 Å². The molecule has 1 saturated carbocycles. The van der Waals surface area contributed by atoms with Crippen molar-refractivity contribution in [2.45, 2.75) is 32.7 Å². The summed E-state index contributed by atoms with van der Waals surface area (Å²) < 4.78 is 13.6. The molecule has 2 aliphatic rings. The molecule has 2 fully saturated rings. The molecule has 34 heavy (non-hydrogen) atoms. The first-order valence-electron chi connectivity index (χ1n) is 11.8. The SMILES string of the molecule is Cc1cccc(CNC(=O)C2CC23CCN(C(=O)c2cccc(-c4cccc(F)c4)c2)CC3)n1. The van der Waals surface area contributed by atoms with Crippen LogP contribution >= 0.6 is 0 Å². The highest BCUT2D eigenvalue weighted by Crippen LogP contribution is 2.59. The minimum absolute atomic E-state index is 0.0136. The number of aromatic nitrogens is 1. The smallest absolute Gasteiger partial charge is 0.253 e. The fourth-order valence-electron chi connectivity index (χ4n) is 5.11. The second kappa shape index (κ2) is 9.01. The first kappa shape index (κ1) is 22.3. The molecule has 1 aromatic heterocycles. The van der Waals surface area contributed by atoms with Crippen LogP contribution in [0.25, 0.3) is 11.1 Å².